The zero-order valence-electron chi connectivity index (χ0n) is 12.2. The van der Waals surface area contributed by atoms with Crippen molar-refractivity contribution in [3.8, 4) is 0 Å². The van der Waals surface area contributed by atoms with Crippen molar-refractivity contribution in [1.82, 2.24) is 10.3 Å². The van der Waals surface area contributed by atoms with Gasteiger partial charge in [0.05, 0.1) is 6.42 Å². The van der Waals surface area contributed by atoms with Gasteiger partial charge in [0.1, 0.15) is 0 Å². The van der Waals surface area contributed by atoms with E-state index in [9.17, 15) is 4.79 Å². The number of hydrogen-bond donors (Lipinski definition) is 1. The third kappa shape index (κ3) is 3.67. The largest absolute Gasteiger partial charge is 0.352 e. The molecule has 0 aliphatic rings. The van der Waals surface area contributed by atoms with Gasteiger partial charge in [0.2, 0.25) is 5.91 Å². The highest BCUT2D eigenvalue weighted by Gasteiger charge is 2.07. The molecule has 0 radical (unpaired) electrons. The molecule has 2 rings (SSSR count). The molecule has 0 bridgehead atoms. The Bertz CT molecular complexity index is 606. The van der Waals surface area contributed by atoms with E-state index in [1.165, 1.54) is 16.7 Å². The SMILES string of the molecule is Cc1cc(C)c(CC(=O)NCc2ccncc2)cc1C. The highest BCUT2D eigenvalue weighted by Crippen LogP contribution is 2.15. The summed E-state index contributed by atoms with van der Waals surface area (Å²) in [6.45, 7) is 6.77. The van der Waals surface area contributed by atoms with Crippen molar-refractivity contribution in [3.63, 3.8) is 0 Å². The van der Waals surface area contributed by atoms with Crippen LogP contribution in [0, 0.1) is 20.8 Å². The molecule has 1 aromatic heterocycles. The highest BCUT2D eigenvalue weighted by molar-refractivity contribution is 5.79. The average molecular weight is 268 g/mol. The standard InChI is InChI=1S/C17H20N2O/c1-12-8-14(3)16(9-13(12)2)10-17(20)19-11-15-4-6-18-7-5-15/h4-9H,10-11H2,1-3H3,(H,19,20). The van der Waals surface area contributed by atoms with Gasteiger partial charge in [0, 0.05) is 18.9 Å². The minimum absolute atomic E-state index is 0.0492. The highest BCUT2D eigenvalue weighted by atomic mass is 16.1. The summed E-state index contributed by atoms with van der Waals surface area (Å²) in [4.78, 5) is 16.0. The first-order valence-corrected chi connectivity index (χ1v) is 6.78. The summed E-state index contributed by atoms with van der Waals surface area (Å²) in [5, 5.41) is 2.94. The van der Waals surface area contributed by atoms with E-state index in [0.29, 0.717) is 13.0 Å². The van der Waals surface area contributed by atoms with Gasteiger partial charge in [-0.1, -0.05) is 12.1 Å². The number of aryl methyl sites for hydroxylation is 3. The Labute approximate surface area is 120 Å². The first-order chi connectivity index (χ1) is 9.56. The third-order valence-electron chi connectivity index (χ3n) is 3.54. The van der Waals surface area contributed by atoms with E-state index in [1.54, 1.807) is 12.4 Å². The summed E-state index contributed by atoms with van der Waals surface area (Å²) in [6.07, 6.45) is 3.89. The number of nitrogens with one attached hydrogen (secondary N) is 1. The maximum atomic E-state index is 12.0. The Balaban J connectivity index is 1.97. The van der Waals surface area contributed by atoms with E-state index >= 15 is 0 Å². The van der Waals surface area contributed by atoms with Crippen molar-refractivity contribution in [2.45, 2.75) is 33.7 Å². The van der Waals surface area contributed by atoms with Crippen LogP contribution in [-0.4, -0.2) is 10.9 Å². The Hall–Kier alpha value is -2.16. The molecule has 0 spiro atoms. The van der Waals surface area contributed by atoms with Crippen LogP contribution in [0.1, 0.15) is 27.8 Å². The van der Waals surface area contributed by atoms with E-state index in [1.807, 2.05) is 12.1 Å². The fourth-order valence-corrected chi connectivity index (χ4v) is 2.15. The molecule has 104 valence electrons. The van der Waals surface area contributed by atoms with E-state index in [0.717, 1.165) is 11.1 Å². The summed E-state index contributed by atoms with van der Waals surface area (Å²) in [7, 11) is 0. The molecule has 1 heterocycles. The quantitative estimate of drug-likeness (QED) is 0.926. The molecule has 3 heteroatoms. The van der Waals surface area contributed by atoms with Gasteiger partial charge in [-0.2, -0.15) is 0 Å². The topological polar surface area (TPSA) is 42.0 Å². The summed E-state index contributed by atoms with van der Waals surface area (Å²) >= 11 is 0. The van der Waals surface area contributed by atoms with E-state index in [4.69, 9.17) is 0 Å². The van der Waals surface area contributed by atoms with Crippen LogP contribution in [0.15, 0.2) is 36.7 Å². The molecule has 20 heavy (non-hydrogen) atoms. The van der Waals surface area contributed by atoms with Gasteiger partial charge in [-0.15, -0.1) is 0 Å². The molecular weight excluding hydrogens is 248 g/mol. The Morgan fingerprint density at radius 3 is 2.40 bits per heavy atom. The van der Waals surface area contributed by atoms with Gasteiger partial charge >= 0.3 is 0 Å². The maximum absolute atomic E-state index is 12.0. The van der Waals surface area contributed by atoms with Gasteiger partial charge in [-0.05, 0) is 60.7 Å². The van der Waals surface area contributed by atoms with Gasteiger partial charge < -0.3 is 5.32 Å². The zero-order valence-corrected chi connectivity index (χ0v) is 12.2. The van der Waals surface area contributed by atoms with Crippen molar-refractivity contribution in [3.05, 3.63) is 64.5 Å². The smallest absolute Gasteiger partial charge is 0.224 e. The molecule has 1 amide bonds. The summed E-state index contributed by atoms with van der Waals surface area (Å²) < 4.78 is 0. The van der Waals surface area contributed by atoms with Crippen LogP contribution >= 0.6 is 0 Å². The molecule has 1 N–H and O–H groups in total. The summed E-state index contributed by atoms with van der Waals surface area (Å²) in [5.41, 5.74) is 5.83. The number of amides is 1. The zero-order chi connectivity index (χ0) is 14.5. The first-order valence-electron chi connectivity index (χ1n) is 6.78. The van der Waals surface area contributed by atoms with E-state index in [2.05, 4.69) is 43.2 Å². The number of carbonyl (C=O) groups is 1. The van der Waals surface area contributed by atoms with Crippen molar-refractivity contribution >= 4 is 5.91 Å². The number of pyridine rings is 1. The summed E-state index contributed by atoms with van der Waals surface area (Å²) in [5.74, 6) is 0.0492. The second kappa shape index (κ2) is 6.33. The predicted molar refractivity (Wildman–Crippen MR) is 80.4 cm³/mol. The monoisotopic (exact) mass is 268 g/mol. The number of rotatable bonds is 4. The molecule has 2 aromatic rings. The fourth-order valence-electron chi connectivity index (χ4n) is 2.15. The van der Waals surface area contributed by atoms with Crippen LogP contribution in [0.2, 0.25) is 0 Å². The van der Waals surface area contributed by atoms with Crippen LogP contribution in [-0.2, 0) is 17.8 Å². The molecule has 0 aliphatic carbocycles. The van der Waals surface area contributed by atoms with Crippen LogP contribution in [0.25, 0.3) is 0 Å². The molecule has 0 saturated heterocycles. The molecular formula is C17H20N2O. The van der Waals surface area contributed by atoms with Crippen molar-refractivity contribution in [1.29, 1.82) is 0 Å². The summed E-state index contributed by atoms with van der Waals surface area (Å²) in [6, 6.07) is 8.06. The first kappa shape index (κ1) is 14.3. The Kier molecular flexibility index (Phi) is 4.51. The van der Waals surface area contributed by atoms with Gasteiger partial charge in [-0.25, -0.2) is 0 Å². The lowest BCUT2D eigenvalue weighted by Crippen LogP contribution is -2.24. The number of benzene rings is 1. The van der Waals surface area contributed by atoms with Crippen molar-refractivity contribution in [2.75, 3.05) is 0 Å². The Morgan fingerprint density at radius 1 is 1.05 bits per heavy atom. The molecule has 0 unspecified atom stereocenters. The van der Waals surface area contributed by atoms with Crippen molar-refractivity contribution < 1.29 is 4.79 Å². The molecule has 0 saturated carbocycles. The van der Waals surface area contributed by atoms with Crippen LogP contribution < -0.4 is 5.32 Å². The molecule has 1 aromatic carbocycles. The number of aromatic nitrogens is 1. The van der Waals surface area contributed by atoms with Crippen LogP contribution in [0.5, 0.6) is 0 Å². The Morgan fingerprint density at radius 2 is 1.70 bits per heavy atom. The minimum Gasteiger partial charge on any atom is -0.352 e. The van der Waals surface area contributed by atoms with E-state index < -0.39 is 0 Å². The lowest BCUT2D eigenvalue weighted by Gasteiger charge is -2.10. The number of carbonyl (C=O) groups excluding carboxylic acids is 1. The predicted octanol–water partition coefficient (Wildman–Crippen LogP) is 2.87. The normalized spacial score (nSPS) is 10.3. The van der Waals surface area contributed by atoms with Crippen LogP contribution in [0.3, 0.4) is 0 Å². The average Bonchev–Trinajstić information content (AvgIpc) is 2.44. The van der Waals surface area contributed by atoms with Gasteiger partial charge in [0.25, 0.3) is 0 Å². The number of nitrogens with zero attached hydrogens (tertiary/aromatic N) is 1. The van der Waals surface area contributed by atoms with Gasteiger partial charge in [0.15, 0.2) is 0 Å². The van der Waals surface area contributed by atoms with Crippen LogP contribution in [0.4, 0.5) is 0 Å². The maximum Gasteiger partial charge on any atom is 0.224 e. The van der Waals surface area contributed by atoms with Crippen molar-refractivity contribution in [2.24, 2.45) is 0 Å². The number of hydrogen-bond acceptors (Lipinski definition) is 2. The second-order valence-corrected chi connectivity index (χ2v) is 5.17. The molecule has 0 fully saturated rings. The molecule has 3 nitrogen and oxygen atoms in total. The van der Waals surface area contributed by atoms with E-state index in [-0.39, 0.29) is 5.91 Å². The minimum atomic E-state index is 0.0492. The lowest BCUT2D eigenvalue weighted by atomic mass is 9.98. The fraction of sp³-hybridized carbons (Fsp3) is 0.294. The third-order valence-corrected chi connectivity index (χ3v) is 3.54. The molecule has 0 atom stereocenters. The van der Waals surface area contributed by atoms with Gasteiger partial charge in [-0.3, -0.25) is 9.78 Å². The lowest BCUT2D eigenvalue weighted by molar-refractivity contribution is -0.120. The second-order valence-electron chi connectivity index (χ2n) is 5.17. The molecule has 0 aliphatic heterocycles.